The molecule has 1 heterocycles. The lowest BCUT2D eigenvalue weighted by molar-refractivity contribution is 0.143. The standard InChI is InChI=1S/C25H25N3O2/c1-17-18(14-19(26)15-28-17)8-6-7-13-27-25(29)30-16-24-22-11-4-2-9-20(22)21-10-3-5-12-23(21)24/h2-6,8-12,14-15,24H,7,13,16,26H2,1H3,(H,27,29). The van der Waals surface area contributed by atoms with Gasteiger partial charge in [-0.2, -0.15) is 0 Å². The van der Waals surface area contributed by atoms with Crippen LogP contribution < -0.4 is 11.1 Å². The van der Waals surface area contributed by atoms with Crippen molar-refractivity contribution in [2.75, 3.05) is 18.9 Å². The maximum Gasteiger partial charge on any atom is 0.407 e. The Morgan fingerprint density at radius 1 is 1.13 bits per heavy atom. The van der Waals surface area contributed by atoms with Gasteiger partial charge in [0, 0.05) is 18.2 Å². The number of anilines is 1. The van der Waals surface area contributed by atoms with E-state index in [1.54, 1.807) is 6.20 Å². The normalized spacial score (nSPS) is 12.6. The number of alkyl carbamates (subject to hydrolysis) is 1. The second-order valence-corrected chi connectivity index (χ2v) is 7.39. The van der Waals surface area contributed by atoms with Crippen molar-refractivity contribution < 1.29 is 9.53 Å². The van der Waals surface area contributed by atoms with Crippen LogP contribution in [0.25, 0.3) is 17.2 Å². The quantitative estimate of drug-likeness (QED) is 0.577. The van der Waals surface area contributed by atoms with Crippen molar-refractivity contribution in [3.05, 3.63) is 89.3 Å². The molecule has 1 aliphatic carbocycles. The van der Waals surface area contributed by atoms with E-state index in [1.807, 2.05) is 49.4 Å². The topological polar surface area (TPSA) is 77.2 Å². The Bertz CT molecular complexity index is 1050. The molecule has 0 saturated carbocycles. The SMILES string of the molecule is Cc1ncc(N)cc1C=CCCNC(=O)OCC1c2ccccc2-c2ccccc21. The van der Waals surface area contributed by atoms with E-state index in [9.17, 15) is 4.79 Å². The fraction of sp³-hybridized carbons (Fsp3) is 0.200. The minimum Gasteiger partial charge on any atom is -0.449 e. The molecule has 2 aromatic carbocycles. The van der Waals surface area contributed by atoms with Crippen LogP contribution in [-0.4, -0.2) is 24.2 Å². The number of hydrogen-bond acceptors (Lipinski definition) is 4. The predicted molar refractivity (Wildman–Crippen MR) is 120 cm³/mol. The number of rotatable bonds is 6. The first kappa shape index (κ1) is 19.7. The summed E-state index contributed by atoms with van der Waals surface area (Å²) in [6.45, 7) is 2.76. The summed E-state index contributed by atoms with van der Waals surface area (Å²) < 4.78 is 5.54. The number of fused-ring (bicyclic) bond motifs is 3. The third-order valence-corrected chi connectivity index (χ3v) is 5.37. The lowest BCUT2D eigenvalue weighted by Gasteiger charge is -2.14. The molecule has 0 radical (unpaired) electrons. The molecule has 0 bridgehead atoms. The van der Waals surface area contributed by atoms with Crippen LogP contribution in [0.15, 0.2) is 66.9 Å². The van der Waals surface area contributed by atoms with Crippen molar-refractivity contribution in [2.24, 2.45) is 0 Å². The van der Waals surface area contributed by atoms with E-state index < -0.39 is 6.09 Å². The van der Waals surface area contributed by atoms with Crippen LogP contribution in [0, 0.1) is 6.92 Å². The van der Waals surface area contributed by atoms with E-state index in [0.717, 1.165) is 11.3 Å². The molecule has 0 fully saturated rings. The van der Waals surface area contributed by atoms with Crippen molar-refractivity contribution in [2.45, 2.75) is 19.3 Å². The molecular weight excluding hydrogens is 374 g/mol. The van der Waals surface area contributed by atoms with Crippen LogP contribution in [0.3, 0.4) is 0 Å². The maximum absolute atomic E-state index is 12.2. The van der Waals surface area contributed by atoms with Crippen molar-refractivity contribution in [3.8, 4) is 11.1 Å². The molecule has 30 heavy (non-hydrogen) atoms. The number of nitrogens with one attached hydrogen (secondary N) is 1. The number of carbonyl (C=O) groups is 1. The van der Waals surface area contributed by atoms with E-state index in [1.165, 1.54) is 22.3 Å². The Kier molecular flexibility index (Phi) is 5.80. The summed E-state index contributed by atoms with van der Waals surface area (Å²) in [5.74, 6) is 0.0714. The molecule has 1 aliphatic rings. The number of ether oxygens (including phenoxy) is 1. The first-order valence-corrected chi connectivity index (χ1v) is 10.1. The minimum atomic E-state index is -0.396. The zero-order chi connectivity index (χ0) is 20.9. The summed E-state index contributed by atoms with van der Waals surface area (Å²) in [4.78, 5) is 16.4. The highest BCUT2D eigenvalue weighted by molar-refractivity contribution is 5.79. The van der Waals surface area contributed by atoms with Crippen LogP contribution in [-0.2, 0) is 4.74 Å². The van der Waals surface area contributed by atoms with Gasteiger partial charge in [0.2, 0.25) is 0 Å². The molecule has 0 saturated heterocycles. The molecule has 0 spiro atoms. The van der Waals surface area contributed by atoms with E-state index >= 15 is 0 Å². The number of nitrogen functional groups attached to an aromatic ring is 1. The van der Waals surface area contributed by atoms with Crippen LogP contribution in [0.2, 0.25) is 0 Å². The maximum atomic E-state index is 12.2. The first-order valence-electron chi connectivity index (χ1n) is 10.1. The molecule has 0 atom stereocenters. The van der Waals surface area contributed by atoms with Crippen LogP contribution in [0.5, 0.6) is 0 Å². The van der Waals surface area contributed by atoms with Gasteiger partial charge in [0.1, 0.15) is 6.61 Å². The summed E-state index contributed by atoms with van der Waals surface area (Å²) in [6, 6.07) is 18.5. The highest BCUT2D eigenvalue weighted by atomic mass is 16.5. The monoisotopic (exact) mass is 399 g/mol. The number of nitrogens with zero attached hydrogens (tertiary/aromatic N) is 1. The van der Waals surface area contributed by atoms with Gasteiger partial charge in [-0.1, -0.05) is 60.7 Å². The number of amides is 1. The smallest absolute Gasteiger partial charge is 0.407 e. The second-order valence-electron chi connectivity index (χ2n) is 7.39. The number of benzene rings is 2. The largest absolute Gasteiger partial charge is 0.449 e. The Labute approximate surface area is 176 Å². The molecule has 4 rings (SSSR count). The number of aromatic nitrogens is 1. The first-order chi connectivity index (χ1) is 14.6. The minimum absolute atomic E-state index is 0.0714. The summed E-state index contributed by atoms with van der Waals surface area (Å²) in [6.07, 6.45) is 5.90. The third-order valence-electron chi connectivity index (χ3n) is 5.37. The Hall–Kier alpha value is -3.60. The lowest BCUT2D eigenvalue weighted by Crippen LogP contribution is -2.26. The molecule has 3 aromatic rings. The third kappa shape index (κ3) is 4.20. The van der Waals surface area contributed by atoms with Gasteiger partial charge in [0.15, 0.2) is 0 Å². The van der Waals surface area contributed by atoms with Crippen molar-refractivity contribution >= 4 is 17.9 Å². The zero-order valence-electron chi connectivity index (χ0n) is 17.0. The summed E-state index contributed by atoms with van der Waals surface area (Å²) in [7, 11) is 0. The van der Waals surface area contributed by atoms with E-state index in [0.29, 0.717) is 25.3 Å². The van der Waals surface area contributed by atoms with E-state index in [2.05, 4.69) is 34.6 Å². The molecule has 3 N–H and O–H groups in total. The van der Waals surface area contributed by atoms with Crippen molar-refractivity contribution in [1.82, 2.24) is 10.3 Å². The molecule has 152 valence electrons. The average molecular weight is 399 g/mol. The fourth-order valence-electron chi connectivity index (χ4n) is 3.85. The van der Waals surface area contributed by atoms with Crippen LogP contribution in [0.1, 0.15) is 34.7 Å². The number of hydrogen-bond donors (Lipinski definition) is 2. The van der Waals surface area contributed by atoms with Gasteiger partial charge >= 0.3 is 6.09 Å². The molecule has 5 heteroatoms. The number of nitrogens with two attached hydrogens (primary N) is 1. The van der Waals surface area contributed by atoms with Gasteiger partial charge in [-0.05, 0) is 47.2 Å². The van der Waals surface area contributed by atoms with Gasteiger partial charge in [0.25, 0.3) is 0 Å². The molecule has 1 aromatic heterocycles. The highest BCUT2D eigenvalue weighted by Crippen LogP contribution is 2.44. The van der Waals surface area contributed by atoms with Gasteiger partial charge in [-0.25, -0.2) is 4.79 Å². The van der Waals surface area contributed by atoms with Gasteiger partial charge in [0.05, 0.1) is 11.9 Å². The van der Waals surface area contributed by atoms with Crippen molar-refractivity contribution in [3.63, 3.8) is 0 Å². The molecule has 1 amide bonds. The van der Waals surface area contributed by atoms with Gasteiger partial charge in [-0.3, -0.25) is 4.98 Å². The fourth-order valence-corrected chi connectivity index (χ4v) is 3.85. The predicted octanol–water partition coefficient (Wildman–Crippen LogP) is 4.91. The average Bonchev–Trinajstić information content (AvgIpc) is 3.08. The summed E-state index contributed by atoms with van der Waals surface area (Å²) in [5, 5.41) is 2.81. The van der Waals surface area contributed by atoms with E-state index in [-0.39, 0.29) is 5.92 Å². The van der Waals surface area contributed by atoms with Crippen LogP contribution in [0.4, 0.5) is 10.5 Å². The van der Waals surface area contributed by atoms with Crippen molar-refractivity contribution in [1.29, 1.82) is 0 Å². The lowest BCUT2D eigenvalue weighted by atomic mass is 9.98. The Morgan fingerprint density at radius 3 is 2.50 bits per heavy atom. The highest BCUT2D eigenvalue weighted by Gasteiger charge is 2.28. The van der Waals surface area contributed by atoms with E-state index in [4.69, 9.17) is 10.5 Å². The summed E-state index contributed by atoms with van der Waals surface area (Å²) in [5.41, 5.74) is 13.2. The molecule has 0 unspecified atom stereocenters. The summed E-state index contributed by atoms with van der Waals surface area (Å²) >= 11 is 0. The molecule has 0 aliphatic heterocycles. The molecular formula is C25H25N3O2. The number of carbonyl (C=O) groups excluding carboxylic acids is 1. The van der Waals surface area contributed by atoms with Crippen LogP contribution >= 0.6 is 0 Å². The zero-order valence-corrected chi connectivity index (χ0v) is 17.0. The number of aryl methyl sites for hydroxylation is 1. The van der Waals surface area contributed by atoms with Gasteiger partial charge < -0.3 is 15.8 Å². The second kappa shape index (κ2) is 8.82. The molecule has 5 nitrogen and oxygen atoms in total. The Morgan fingerprint density at radius 2 is 1.80 bits per heavy atom. The number of pyridine rings is 1. The van der Waals surface area contributed by atoms with Gasteiger partial charge in [-0.15, -0.1) is 0 Å². The Balaban J connectivity index is 1.28.